The van der Waals surface area contributed by atoms with E-state index in [-0.39, 0.29) is 47.2 Å². The van der Waals surface area contributed by atoms with Crippen molar-refractivity contribution in [2.75, 3.05) is 12.3 Å². The first kappa shape index (κ1) is 37.6. The molecular formula is C24H31N6O15P3. The van der Waals surface area contributed by atoms with Gasteiger partial charge in [0.25, 0.3) is 5.69 Å². The van der Waals surface area contributed by atoms with Gasteiger partial charge in [-0.15, -0.1) is 0 Å². The monoisotopic (exact) mass is 736 g/mol. The highest BCUT2D eigenvalue weighted by Gasteiger charge is 2.43. The minimum absolute atomic E-state index is 0.0326. The van der Waals surface area contributed by atoms with Gasteiger partial charge in [-0.25, -0.2) is 23.7 Å². The Hall–Kier alpha value is -3.18. The Kier molecular flexibility index (Phi) is 11.6. The third-order valence-electron chi connectivity index (χ3n) is 6.88. The topological polar surface area (TPSA) is 322 Å². The van der Waals surface area contributed by atoms with Crippen LogP contribution in [0.3, 0.4) is 0 Å². The number of rotatable bonds is 15. The normalized spacial score (nSPS) is 21.5. The summed E-state index contributed by atoms with van der Waals surface area (Å²) >= 11 is 0. The Morgan fingerprint density at radius 3 is 2.52 bits per heavy atom. The highest BCUT2D eigenvalue weighted by molar-refractivity contribution is 7.66. The largest absolute Gasteiger partial charge is 0.490 e. The van der Waals surface area contributed by atoms with Gasteiger partial charge in [0.15, 0.2) is 0 Å². The van der Waals surface area contributed by atoms with E-state index < -0.39 is 59.5 Å². The van der Waals surface area contributed by atoms with E-state index in [1.807, 2.05) is 19.9 Å². The van der Waals surface area contributed by atoms with E-state index in [0.717, 1.165) is 0 Å². The molecule has 2 unspecified atom stereocenters. The number of phosphoric acid groups is 3. The van der Waals surface area contributed by atoms with Crippen molar-refractivity contribution in [2.24, 2.45) is 5.92 Å². The number of phosphoric ester groups is 1. The molecule has 21 nitrogen and oxygen atoms in total. The second-order valence-electron chi connectivity index (χ2n) is 10.9. The number of aliphatic hydroxyl groups excluding tert-OH is 1. The summed E-state index contributed by atoms with van der Waals surface area (Å²) in [6.07, 6.45) is -1.50. The lowest BCUT2D eigenvalue weighted by Gasteiger charge is -2.20. The van der Waals surface area contributed by atoms with Gasteiger partial charge in [-0.1, -0.05) is 13.8 Å². The van der Waals surface area contributed by atoms with Crippen LogP contribution in [0.15, 0.2) is 30.7 Å². The number of ether oxygens (including phenoxy) is 2. The zero-order valence-electron chi connectivity index (χ0n) is 25.1. The minimum Gasteiger partial charge on any atom is -0.390 e. The summed E-state index contributed by atoms with van der Waals surface area (Å²) in [7, 11) is -16.8. The molecule has 3 aromatic rings. The molecule has 0 amide bonds. The van der Waals surface area contributed by atoms with Crippen LogP contribution < -0.4 is 5.73 Å². The molecule has 1 aliphatic heterocycles. The summed E-state index contributed by atoms with van der Waals surface area (Å²) in [5.41, 5.74) is 7.05. The molecule has 1 aliphatic rings. The van der Waals surface area contributed by atoms with Crippen LogP contribution in [0.4, 0.5) is 11.5 Å². The Morgan fingerprint density at radius 2 is 1.90 bits per heavy atom. The van der Waals surface area contributed by atoms with Crippen LogP contribution in [0.5, 0.6) is 0 Å². The fourth-order valence-corrected chi connectivity index (χ4v) is 8.00. The maximum absolute atomic E-state index is 12.1. The van der Waals surface area contributed by atoms with Crippen LogP contribution >= 0.6 is 23.5 Å². The van der Waals surface area contributed by atoms with Gasteiger partial charge in [0.05, 0.1) is 52.9 Å². The molecule has 4 rings (SSSR count). The molecule has 48 heavy (non-hydrogen) atoms. The van der Waals surface area contributed by atoms with E-state index in [1.54, 1.807) is 6.20 Å². The zero-order chi connectivity index (χ0) is 35.6. The van der Waals surface area contributed by atoms with Crippen molar-refractivity contribution < 1.29 is 65.9 Å². The molecule has 0 saturated carbocycles. The van der Waals surface area contributed by atoms with E-state index in [1.165, 1.54) is 29.1 Å². The van der Waals surface area contributed by atoms with Gasteiger partial charge in [-0.2, -0.15) is 13.9 Å². The van der Waals surface area contributed by atoms with Gasteiger partial charge >= 0.3 is 23.5 Å². The average molecular weight is 736 g/mol. The van der Waals surface area contributed by atoms with Crippen molar-refractivity contribution in [1.29, 1.82) is 5.26 Å². The molecule has 7 N–H and O–H groups in total. The quantitative estimate of drug-likeness (QED) is 0.0741. The average Bonchev–Trinajstić information content (AvgIpc) is 3.52. The summed E-state index contributed by atoms with van der Waals surface area (Å²) in [6.45, 7) is 2.76. The predicted molar refractivity (Wildman–Crippen MR) is 161 cm³/mol. The molecule has 24 heteroatoms. The molecule has 1 saturated heterocycles. The van der Waals surface area contributed by atoms with Gasteiger partial charge in [0.2, 0.25) is 0 Å². The second kappa shape index (κ2) is 14.7. The summed E-state index contributed by atoms with van der Waals surface area (Å²) in [5.74, 6) is 0.0862. The minimum atomic E-state index is -5.75. The number of anilines is 1. The molecule has 0 bridgehead atoms. The Bertz CT molecular complexity index is 1860. The number of aliphatic hydroxyl groups is 1. The number of fused-ring (bicyclic) bond motifs is 1. The SMILES string of the molecule is CC(C)C[C@H](OCc1cn([C@H]2C[C@@H](O)[C@@H](COP(=O)(O)OP(=O)(O)OP(=O)(O)O)O2)c2ncnc(N)c12)c1cc(C#N)ccc1[N+](=O)[O-]. The Labute approximate surface area is 271 Å². The molecule has 0 spiro atoms. The van der Waals surface area contributed by atoms with Gasteiger partial charge in [0.1, 0.15) is 30.1 Å². The van der Waals surface area contributed by atoms with E-state index in [2.05, 4.69) is 23.1 Å². The van der Waals surface area contributed by atoms with Crippen molar-refractivity contribution in [3.63, 3.8) is 0 Å². The number of nitrogens with two attached hydrogens (primary N) is 1. The smallest absolute Gasteiger partial charge is 0.390 e. The predicted octanol–water partition coefficient (Wildman–Crippen LogP) is 3.09. The Morgan fingerprint density at radius 1 is 1.19 bits per heavy atom. The van der Waals surface area contributed by atoms with Crippen molar-refractivity contribution in [3.8, 4) is 6.07 Å². The second-order valence-corrected chi connectivity index (χ2v) is 15.3. The van der Waals surface area contributed by atoms with E-state index in [4.69, 9.17) is 25.0 Å². The number of aromatic nitrogens is 3. The van der Waals surface area contributed by atoms with Crippen molar-refractivity contribution in [2.45, 2.75) is 57.8 Å². The standard InChI is InChI=1S/C24H31N6O15P3/c1-13(2)5-19(16-6-14(8-25)3-4-17(16)30(32)33)41-10-15-9-29(24-22(15)23(26)27-12-28-24)21-7-18(31)20(43-21)11-42-47(37,38)45-48(39,40)44-46(34,35)36/h3-4,6,9,12-13,18-21,31H,5,7,10-11H2,1-2H3,(H,37,38)(H,39,40)(H2,26,27,28)(H2,34,35,36)/t18-,19+,20-,21-/m1/s1. The van der Waals surface area contributed by atoms with E-state index in [0.29, 0.717) is 17.4 Å². The first-order valence-electron chi connectivity index (χ1n) is 13.8. The zero-order valence-corrected chi connectivity index (χ0v) is 27.8. The van der Waals surface area contributed by atoms with Crippen LogP contribution in [0, 0.1) is 27.4 Å². The van der Waals surface area contributed by atoms with Gasteiger partial charge < -0.3 is 44.5 Å². The van der Waals surface area contributed by atoms with Crippen LogP contribution in [0.25, 0.3) is 11.0 Å². The third kappa shape index (κ3) is 9.49. The van der Waals surface area contributed by atoms with Crippen LogP contribution in [0.1, 0.15) is 55.7 Å². The fourth-order valence-electron chi connectivity index (χ4n) is 4.97. The molecule has 0 aliphatic carbocycles. The highest BCUT2D eigenvalue weighted by atomic mass is 31.3. The highest BCUT2D eigenvalue weighted by Crippen LogP contribution is 2.66. The molecule has 262 valence electrons. The number of nitrogen functional groups attached to an aromatic ring is 1. The van der Waals surface area contributed by atoms with Crippen molar-refractivity contribution >= 4 is 46.0 Å². The third-order valence-corrected chi connectivity index (χ3v) is 10.7. The first-order valence-corrected chi connectivity index (χ1v) is 18.3. The number of hydrogen-bond acceptors (Lipinski definition) is 15. The lowest BCUT2D eigenvalue weighted by atomic mass is 9.96. The number of nitrogens with zero attached hydrogens (tertiary/aromatic N) is 5. The number of hydrogen-bond donors (Lipinski definition) is 6. The van der Waals surface area contributed by atoms with E-state index >= 15 is 0 Å². The molecule has 1 fully saturated rings. The molecular weight excluding hydrogens is 705 g/mol. The summed E-state index contributed by atoms with van der Waals surface area (Å²) < 4.78 is 60.0. The van der Waals surface area contributed by atoms with E-state index in [9.17, 15) is 44.0 Å². The van der Waals surface area contributed by atoms with Gasteiger partial charge in [-0.05, 0) is 24.5 Å². The van der Waals surface area contributed by atoms with Crippen LogP contribution in [0.2, 0.25) is 0 Å². The number of benzene rings is 1. The molecule has 2 aromatic heterocycles. The van der Waals surface area contributed by atoms with Gasteiger partial charge in [0, 0.05) is 24.2 Å². The number of nitro benzene ring substituents is 1. The maximum Gasteiger partial charge on any atom is 0.490 e. The summed E-state index contributed by atoms with van der Waals surface area (Å²) in [5, 5.41) is 32.2. The molecule has 1 aromatic carbocycles. The van der Waals surface area contributed by atoms with Crippen LogP contribution in [-0.4, -0.2) is 63.0 Å². The fraction of sp³-hybridized carbons (Fsp3) is 0.458. The summed E-state index contributed by atoms with van der Waals surface area (Å²) in [6, 6.07) is 5.96. The van der Waals surface area contributed by atoms with Crippen molar-refractivity contribution in [1.82, 2.24) is 14.5 Å². The maximum atomic E-state index is 12.1. The number of nitro groups is 1. The molecule has 0 radical (unpaired) electrons. The van der Waals surface area contributed by atoms with Gasteiger partial charge in [-0.3, -0.25) is 14.6 Å². The molecule has 6 atom stereocenters. The van der Waals surface area contributed by atoms with Crippen molar-refractivity contribution in [3.05, 3.63) is 57.5 Å². The molecule has 3 heterocycles. The Balaban J connectivity index is 1.56. The van der Waals surface area contributed by atoms with Crippen LogP contribution in [-0.2, 0) is 42.9 Å². The summed E-state index contributed by atoms with van der Waals surface area (Å²) in [4.78, 5) is 56.0. The lowest BCUT2D eigenvalue weighted by Crippen LogP contribution is -2.26. The first-order chi connectivity index (χ1) is 22.3. The number of nitriles is 1. The lowest BCUT2D eigenvalue weighted by molar-refractivity contribution is -0.386.